The van der Waals surface area contributed by atoms with Crippen molar-refractivity contribution in [3.63, 3.8) is 0 Å². The summed E-state index contributed by atoms with van der Waals surface area (Å²) in [7, 11) is 0. The minimum absolute atomic E-state index is 0.0285. The highest BCUT2D eigenvalue weighted by atomic mass is 19.3. The second kappa shape index (κ2) is 2.87. The molecule has 0 radical (unpaired) electrons. The summed E-state index contributed by atoms with van der Waals surface area (Å²) < 4.78 is 25.1. The zero-order valence-electron chi connectivity index (χ0n) is 6.56. The fourth-order valence-electron chi connectivity index (χ4n) is 1.15. The van der Waals surface area contributed by atoms with Crippen LogP contribution in [0.4, 0.5) is 8.78 Å². The van der Waals surface area contributed by atoms with Gasteiger partial charge in [0.1, 0.15) is 0 Å². The maximum absolute atomic E-state index is 12.5. The van der Waals surface area contributed by atoms with Gasteiger partial charge in [-0.15, -0.1) is 12.3 Å². The van der Waals surface area contributed by atoms with Crippen molar-refractivity contribution in [3.8, 4) is 12.3 Å². The van der Waals surface area contributed by atoms with Crippen molar-refractivity contribution in [1.29, 1.82) is 0 Å². The predicted molar refractivity (Wildman–Crippen MR) is 41.7 cm³/mol. The predicted octanol–water partition coefficient (Wildman–Crippen LogP) is 1.73. The second-order valence-electron chi connectivity index (χ2n) is 3.08. The van der Waals surface area contributed by atoms with Gasteiger partial charge in [0.25, 0.3) is 5.92 Å². The topological polar surface area (TPSA) is 20.2 Å². The van der Waals surface area contributed by atoms with Gasteiger partial charge in [0.2, 0.25) is 0 Å². The molecular formula is C9H10F2O. The highest BCUT2D eigenvalue weighted by Crippen LogP contribution is 2.33. The average molecular weight is 172 g/mol. The third-order valence-corrected chi connectivity index (χ3v) is 1.94. The minimum Gasteiger partial charge on any atom is -0.385 e. The van der Waals surface area contributed by atoms with E-state index in [0.717, 1.165) is 12.2 Å². The van der Waals surface area contributed by atoms with E-state index in [1.54, 1.807) is 0 Å². The van der Waals surface area contributed by atoms with Crippen LogP contribution in [0.15, 0.2) is 12.2 Å². The van der Waals surface area contributed by atoms with Gasteiger partial charge in [0, 0.05) is 12.8 Å². The van der Waals surface area contributed by atoms with Gasteiger partial charge in [-0.1, -0.05) is 6.08 Å². The summed E-state index contributed by atoms with van der Waals surface area (Å²) in [6, 6.07) is 0. The Morgan fingerprint density at radius 3 is 2.50 bits per heavy atom. The second-order valence-corrected chi connectivity index (χ2v) is 3.08. The molecule has 0 aliphatic heterocycles. The lowest BCUT2D eigenvalue weighted by molar-refractivity contribution is -0.00959. The van der Waals surface area contributed by atoms with E-state index in [1.807, 2.05) is 0 Å². The van der Waals surface area contributed by atoms with Crippen LogP contribution >= 0.6 is 0 Å². The first-order valence-electron chi connectivity index (χ1n) is 3.72. The number of rotatable bonds is 1. The van der Waals surface area contributed by atoms with Gasteiger partial charge in [-0.3, -0.25) is 0 Å². The number of halogens is 2. The third kappa shape index (κ3) is 2.05. The van der Waals surface area contributed by atoms with Crippen molar-refractivity contribution in [3.05, 3.63) is 12.2 Å². The monoisotopic (exact) mass is 172 g/mol. The minimum atomic E-state index is -2.78. The maximum atomic E-state index is 12.5. The van der Waals surface area contributed by atoms with E-state index in [4.69, 9.17) is 6.42 Å². The first-order chi connectivity index (χ1) is 5.47. The molecule has 0 fully saturated rings. The Labute approximate surface area is 70.1 Å². The van der Waals surface area contributed by atoms with Crippen LogP contribution in [-0.2, 0) is 0 Å². The largest absolute Gasteiger partial charge is 0.385 e. The molecule has 1 aliphatic rings. The number of alkyl halides is 2. The molecular weight excluding hydrogens is 162 g/mol. The van der Waals surface area contributed by atoms with E-state index in [1.165, 1.54) is 0 Å². The number of hydrogen-bond donors (Lipinski definition) is 1. The summed E-state index contributed by atoms with van der Waals surface area (Å²) >= 11 is 0. The van der Waals surface area contributed by atoms with Crippen LogP contribution in [0, 0.1) is 12.3 Å². The lowest BCUT2D eigenvalue weighted by atomic mass is 9.87. The van der Waals surface area contributed by atoms with Gasteiger partial charge >= 0.3 is 0 Å². The van der Waals surface area contributed by atoms with E-state index in [0.29, 0.717) is 0 Å². The number of aliphatic hydroxyl groups is 1. The molecule has 12 heavy (non-hydrogen) atoms. The fraction of sp³-hybridized carbons (Fsp3) is 0.556. The van der Waals surface area contributed by atoms with Gasteiger partial charge < -0.3 is 5.11 Å². The SMILES string of the molecule is C#CCC1(O)C=CC(F)(F)CC1. The zero-order chi connectivity index (χ0) is 9.24. The third-order valence-electron chi connectivity index (χ3n) is 1.94. The fourth-order valence-corrected chi connectivity index (χ4v) is 1.15. The van der Waals surface area contributed by atoms with E-state index in [2.05, 4.69) is 5.92 Å². The van der Waals surface area contributed by atoms with E-state index in [9.17, 15) is 13.9 Å². The van der Waals surface area contributed by atoms with Crippen molar-refractivity contribution in [2.75, 3.05) is 0 Å². The summed E-state index contributed by atoms with van der Waals surface area (Å²) in [6.07, 6.45) is 6.61. The summed E-state index contributed by atoms with van der Waals surface area (Å²) in [4.78, 5) is 0. The van der Waals surface area contributed by atoms with Crippen LogP contribution in [0.5, 0.6) is 0 Å². The Kier molecular flexibility index (Phi) is 2.20. The molecule has 1 unspecified atom stereocenters. The van der Waals surface area contributed by atoms with Crippen molar-refractivity contribution in [1.82, 2.24) is 0 Å². The molecule has 1 rings (SSSR count). The first-order valence-corrected chi connectivity index (χ1v) is 3.72. The summed E-state index contributed by atoms with van der Waals surface area (Å²) in [6.45, 7) is 0. The van der Waals surface area contributed by atoms with Crippen molar-refractivity contribution in [2.24, 2.45) is 0 Å². The van der Waals surface area contributed by atoms with Crippen LogP contribution < -0.4 is 0 Å². The number of allylic oxidation sites excluding steroid dienone is 1. The normalized spacial score (nSPS) is 32.8. The molecule has 0 spiro atoms. The van der Waals surface area contributed by atoms with Crippen LogP contribution in [-0.4, -0.2) is 16.6 Å². The van der Waals surface area contributed by atoms with Crippen molar-refractivity contribution in [2.45, 2.75) is 30.8 Å². The molecule has 1 N–H and O–H groups in total. The van der Waals surface area contributed by atoms with Crippen LogP contribution in [0.25, 0.3) is 0 Å². The van der Waals surface area contributed by atoms with Crippen LogP contribution in [0.3, 0.4) is 0 Å². The Bertz CT molecular complexity index is 239. The van der Waals surface area contributed by atoms with Gasteiger partial charge in [-0.05, 0) is 12.5 Å². The highest BCUT2D eigenvalue weighted by Gasteiger charge is 2.36. The molecule has 0 aromatic carbocycles. The summed E-state index contributed by atoms with van der Waals surface area (Å²) in [5.74, 6) is -0.518. The van der Waals surface area contributed by atoms with Crippen LogP contribution in [0.2, 0.25) is 0 Å². The van der Waals surface area contributed by atoms with Gasteiger partial charge in [0.05, 0.1) is 5.60 Å². The quantitative estimate of drug-likeness (QED) is 0.471. The molecule has 0 saturated carbocycles. The smallest absolute Gasteiger partial charge is 0.266 e. The van der Waals surface area contributed by atoms with Crippen LogP contribution in [0.1, 0.15) is 19.3 Å². The summed E-state index contributed by atoms with van der Waals surface area (Å²) in [5, 5.41) is 9.54. The average Bonchev–Trinajstić information content (AvgIpc) is 1.98. The number of terminal acetylenes is 1. The molecule has 0 aromatic heterocycles. The lowest BCUT2D eigenvalue weighted by Crippen LogP contribution is -2.33. The molecule has 0 aromatic rings. The molecule has 3 heteroatoms. The molecule has 1 aliphatic carbocycles. The zero-order valence-corrected chi connectivity index (χ0v) is 6.56. The Morgan fingerprint density at radius 2 is 2.08 bits per heavy atom. The summed E-state index contributed by atoms with van der Waals surface area (Å²) in [5.41, 5.74) is -1.21. The van der Waals surface area contributed by atoms with Crippen molar-refractivity contribution >= 4 is 0 Å². The van der Waals surface area contributed by atoms with Crippen molar-refractivity contribution < 1.29 is 13.9 Å². The molecule has 0 amide bonds. The van der Waals surface area contributed by atoms with Gasteiger partial charge in [-0.25, -0.2) is 8.78 Å². The molecule has 66 valence electrons. The molecule has 0 bridgehead atoms. The number of hydrogen-bond acceptors (Lipinski definition) is 1. The first kappa shape index (κ1) is 9.21. The Hall–Kier alpha value is -0.880. The highest BCUT2D eigenvalue weighted by molar-refractivity contribution is 5.14. The van der Waals surface area contributed by atoms with E-state index in [-0.39, 0.29) is 19.3 Å². The van der Waals surface area contributed by atoms with Gasteiger partial charge in [0.15, 0.2) is 0 Å². The molecule has 0 saturated heterocycles. The molecule has 1 atom stereocenters. The molecule has 0 heterocycles. The maximum Gasteiger partial charge on any atom is 0.266 e. The lowest BCUT2D eigenvalue weighted by Gasteiger charge is -2.28. The molecule has 1 nitrogen and oxygen atoms in total. The Morgan fingerprint density at radius 1 is 1.42 bits per heavy atom. The Balaban J connectivity index is 2.71. The van der Waals surface area contributed by atoms with E-state index >= 15 is 0 Å². The van der Waals surface area contributed by atoms with Gasteiger partial charge in [-0.2, -0.15) is 0 Å². The van der Waals surface area contributed by atoms with E-state index < -0.39 is 11.5 Å². The standard InChI is InChI=1S/C9H10F2O/c1-2-3-8(12)4-6-9(10,11)7-5-8/h1,4,6,12H,3,5,7H2.